The first-order valence-corrected chi connectivity index (χ1v) is 6.87. The first-order valence-electron chi connectivity index (χ1n) is 6.87. The molecule has 1 aliphatic carbocycles. The summed E-state index contributed by atoms with van der Waals surface area (Å²) in [5.74, 6) is 0.404. The lowest BCUT2D eigenvalue weighted by Crippen LogP contribution is -2.46. The van der Waals surface area contributed by atoms with Gasteiger partial charge in [-0.05, 0) is 25.7 Å². The maximum absolute atomic E-state index is 12.5. The minimum Gasteiger partial charge on any atom is -0.337 e. The van der Waals surface area contributed by atoms with Crippen LogP contribution in [0.1, 0.15) is 44.9 Å². The van der Waals surface area contributed by atoms with Crippen LogP contribution in [0.25, 0.3) is 0 Å². The summed E-state index contributed by atoms with van der Waals surface area (Å²) in [6.07, 6.45) is 7.11. The normalized spacial score (nSPS) is 30.9. The molecule has 0 aromatic rings. The van der Waals surface area contributed by atoms with E-state index in [0.717, 1.165) is 32.2 Å². The first-order chi connectivity index (χ1) is 8.27. The Labute approximate surface area is 102 Å². The van der Waals surface area contributed by atoms with Crippen LogP contribution in [-0.4, -0.2) is 46.8 Å². The second-order valence-corrected chi connectivity index (χ2v) is 5.47. The molecule has 4 heteroatoms. The van der Waals surface area contributed by atoms with Crippen molar-refractivity contribution in [1.29, 1.82) is 0 Å². The molecule has 0 spiro atoms. The van der Waals surface area contributed by atoms with Gasteiger partial charge in [0.2, 0.25) is 11.8 Å². The van der Waals surface area contributed by atoms with Crippen LogP contribution < -0.4 is 0 Å². The largest absolute Gasteiger partial charge is 0.337 e. The molecule has 2 saturated heterocycles. The maximum atomic E-state index is 12.5. The molecule has 3 fully saturated rings. The number of hydrogen-bond donors (Lipinski definition) is 0. The highest BCUT2D eigenvalue weighted by Gasteiger charge is 2.41. The van der Waals surface area contributed by atoms with E-state index in [0.29, 0.717) is 19.0 Å². The van der Waals surface area contributed by atoms with E-state index in [1.165, 1.54) is 12.8 Å². The van der Waals surface area contributed by atoms with Crippen LogP contribution in [0.5, 0.6) is 0 Å². The van der Waals surface area contributed by atoms with E-state index >= 15 is 0 Å². The topological polar surface area (TPSA) is 40.6 Å². The lowest BCUT2D eigenvalue weighted by molar-refractivity contribution is -0.140. The molecule has 2 heterocycles. The molecule has 17 heavy (non-hydrogen) atoms. The molecule has 94 valence electrons. The quantitative estimate of drug-likeness (QED) is 0.685. The van der Waals surface area contributed by atoms with Crippen LogP contribution in [0.3, 0.4) is 0 Å². The summed E-state index contributed by atoms with van der Waals surface area (Å²) in [6, 6.07) is 0.279. The number of carbonyl (C=O) groups is 2. The van der Waals surface area contributed by atoms with Crippen LogP contribution in [0.4, 0.5) is 0 Å². The van der Waals surface area contributed by atoms with Crippen molar-refractivity contribution in [3.63, 3.8) is 0 Å². The van der Waals surface area contributed by atoms with Crippen LogP contribution >= 0.6 is 0 Å². The van der Waals surface area contributed by atoms with Crippen molar-refractivity contribution < 1.29 is 9.59 Å². The Balaban J connectivity index is 1.81. The number of rotatable bonds is 1. The van der Waals surface area contributed by atoms with Crippen LogP contribution in [0.15, 0.2) is 0 Å². The molecule has 3 rings (SSSR count). The Kier molecular flexibility index (Phi) is 2.81. The van der Waals surface area contributed by atoms with E-state index in [1.54, 1.807) is 0 Å². The van der Waals surface area contributed by atoms with Gasteiger partial charge in [0.05, 0.1) is 0 Å². The van der Waals surface area contributed by atoms with E-state index in [4.69, 9.17) is 0 Å². The SMILES string of the molecule is O=C1C2CCCN2C(=O)CCN1C1CCCC1. The van der Waals surface area contributed by atoms with E-state index in [9.17, 15) is 9.59 Å². The molecule has 1 saturated carbocycles. The van der Waals surface area contributed by atoms with Gasteiger partial charge >= 0.3 is 0 Å². The summed E-state index contributed by atoms with van der Waals surface area (Å²) in [6.45, 7) is 1.43. The maximum Gasteiger partial charge on any atom is 0.245 e. The van der Waals surface area contributed by atoms with Gasteiger partial charge in [-0.25, -0.2) is 0 Å². The first kappa shape index (κ1) is 11.1. The number of nitrogens with zero attached hydrogens (tertiary/aromatic N) is 2. The lowest BCUT2D eigenvalue weighted by atomic mass is 10.1. The second-order valence-electron chi connectivity index (χ2n) is 5.47. The summed E-state index contributed by atoms with van der Waals surface area (Å²) in [5, 5.41) is 0. The van der Waals surface area contributed by atoms with Gasteiger partial charge in [0, 0.05) is 25.6 Å². The molecule has 0 aromatic carbocycles. The van der Waals surface area contributed by atoms with Crippen molar-refractivity contribution in [2.75, 3.05) is 13.1 Å². The smallest absolute Gasteiger partial charge is 0.245 e. The number of fused-ring (bicyclic) bond motifs is 1. The van der Waals surface area contributed by atoms with Crippen molar-refractivity contribution in [3.05, 3.63) is 0 Å². The predicted octanol–water partition coefficient (Wildman–Crippen LogP) is 1.15. The van der Waals surface area contributed by atoms with Crippen LogP contribution in [0.2, 0.25) is 0 Å². The molecule has 0 bridgehead atoms. The van der Waals surface area contributed by atoms with Crippen LogP contribution in [0, 0.1) is 0 Å². The highest BCUT2D eigenvalue weighted by molar-refractivity contribution is 5.90. The zero-order chi connectivity index (χ0) is 11.8. The second kappa shape index (κ2) is 4.31. The van der Waals surface area contributed by atoms with E-state index < -0.39 is 0 Å². The lowest BCUT2D eigenvalue weighted by Gasteiger charge is -2.30. The molecule has 0 radical (unpaired) electrons. The molecular formula is C13H20N2O2. The van der Waals surface area contributed by atoms with Gasteiger partial charge in [0.25, 0.3) is 0 Å². The van der Waals surface area contributed by atoms with Gasteiger partial charge in [0.1, 0.15) is 6.04 Å². The average Bonchev–Trinajstić information content (AvgIpc) is 2.98. The van der Waals surface area contributed by atoms with E-state index in [-0.39, 0.29) is 17.9 Å². The van der Waals surface area contributed by atoms with E-state index in [1.807, 2.05) is 9.80 Å². The Morgan fingerprint density at radius 1 is 0.882 bits per heavy atom. The number of carbonyl (C=O) groups excluding carboxylic acids is 2. The highest BCUT2D eigenvalue weighted by atomic mass is 16.2. The van der Waals surface area contributed by atoms with Crippen molar-refractivity contribution in [2.24, 2.45) is 0 Å². The highest BCUT2D eigenvalue weighted by Crippen LogP contribution is 2.29. The third-order valence-electron chi connectivity index (χ3n) is 4.47. The summed E-state index contributed by atoms with van der Waals surface area (Å²) in [5.41, 5.74) is 0. The molecule has 1 atom stereocenters. The number of hydrogen-bond acceptors (Lipinski definition) is 2. The predicted molar refractivity (Wildman–Crippen MR) is 63.3 cm³/mol. The van der Waals surface area contributed by atoms with Crippen molar-refractivity contribution in [1.82, 2.24) is 9.80 Å². The van der Waals surface area contributed by atoms with Gasteiger partial charge in [-0.1, -0.05) is 12.8 Å². The molecule has 2 amide bonds. The minimum absolute atomic E-state index is 0.134. The molecule has 4 nitrogen and oxygen atoms in total. The third-order valence-corrected chi connectivity index (χ3v) is 4.47. The monoisotopic (exact) mass is 236 g/mol. The number of amides is 2. The Morgan fingerprint density at radius 3 is 2.41 bits per heavy atom. The average molecular weight is 236 g/mol. The van der Waals surface area contributed by atoms with E-state index in [2.05, 4.69) is 0 Å². The molecular weight excluding hydrogens is 216 g/mol. The third kappa shape index (κ3) is 1.83. The van der Waals surface area contributed by atoms with Crippen molar-refractivity contribution in [2.45, 2.75) is 57.0 Å². The fraction of sp³-hybridized carbons (Fsp3) is 0.846. The summed E-state index contributed by atoms with van der Waals surface area (Å²) >= 11 is 0. The summed E-state index contributed by atoms with van der Waals surface area (Å²) in [4.78, 5) is 28.3. The molecule has 1 unspecified atom stereocenters. The van der Waals surface area contributed by atoms with Crippen molar-refractivity contribution in [3.8, 4) is 0 Å². The fourth-order valence-electron chi connectivity index (χ4n) is 3.56. The van der Waals surface area contributed by atoms with Gasteiger partial charge in [-0.3, -0.25) is 9.59 Å². The zero-order valence-electron chi connectivity index (χ0n) is 10.2. The Bertz CT molecular complexity index is 336. The molecule has 2 aliphatic heterocycles. The minimum atomic E-state index is -0.134. The fourth-order valence-corrected chi connectivity index (χ4v) is 3.56. The Hall–Kier alpha value is -1.06. The standard InChI is InChI=1S/C13H20N2O2/c16-12-7-9-14(10-4-1-2-5-10)13(17)11-6-3-8-15(11)12/h10-11H,1-9H2. The molecule has 0 aromatic heterocycles. The van der Waals surface area contributed by atoms with Gasteiger partial charge in [0.15, 0.2) is 0 Å². The summed E-state index contributed by atoms with van der Waals surface area (Å²) < 4.78 is 0. The van der Waals surface area contributed by atoms with Crippen molar-refractivity contribution >= 4 is 11.8 Å². The summed E-state index contributed by atoms with van der Waals surface area (Å²) in [7, 11) is 0. The zero-order valence-corrected chi connectivity index (χ0v) is 10.2. The van der Waals surface area contributed by atoms with Gasteiger partial charge < -0.3 is 9.80 Å². The molecule has 3 aliphatic rings. The van der Waals surface area contributed by atoms with Gasteiger partial charge in [-0.15, -0.1) is 0 Å². The molecule has 0 N–H and O–H groups in total. The van der Waals surface area contributed by atoms with Crippen LogP contribution in [-0.2, 0) is 9.59 Å². The van der Waals surface area contributed by atoms with Gasteiger partial charge in [-0.2, -0.15) is 0 Å². The Morgan fingerprint density at radius 2 is 1.65 bits per heavy atom.